The van der Waals surface area contributed by atoms with Gasteiger partial charge in [0.25, 0.3) is 5.91 Å². The number of hydrogen-bond donors (Lipinski definition) is 2. The number of amides is 1. The van der Waals surface area contributed by atoms with Crippen LogP contribution in [-0.4, -0.2) is 75.3 Å². The highest BCUT2D eigenvalue weighted by molar-refractivity contribution is 7.87. The number of anilines is 1. The van der Waals surface area contributed by atoms with Crippen LogP contribution in [0.4, 0.5) is 5.69 Å². The molecule has 2 N–H and O–H groups in total. The van der Waals surface area contributed by atoms with E-state index in [1.807, 2.05) is 25.1 Å². The molecular formula is C35H46ClN3O6S. The Morgan fingerprint density at radius 2 is 2.02 bits per heavy atom. The van der Waals surface area contributed by atoms with Crippen molar-refractivity contribution in [3.05, 3.63) is 70.3 Å². The molecule has 0 radical (unpaired) electrons. The normalized spacial score (nSPS) is 30.3. The summed E-state index contributed by atoms with van der Waals surface area (Å²) in [5, 5.41) is 12.0. The Morgan fingerprint density at radius 3 is 2.80 bits per heavy atom. The first-order valence-corrected chi connectivity index (χ1v) is 18.5. The first-order valence-electron chi connectivity index (χ1n) is 16.7. The van der Waals surface area contributed by atoms with Crippen LogP contribution in [0.25, 0.3) is 0 Å². The van der Waals surface area contributed by atoms with Crippen LogP contribution in [0.15, 0.2) is 48.6 Å². The number of aryl methyl sites for hydroxylation is 1. The fourth-order valence-electron chi connectivity index (χ4n) is 7.70. The summed E-state index contributed by atoms with van der Waals surface area (Å²) in [5.74, 6) is 0.323. The van der Waals surface area contributed by atoms with Crippen LogP contribution in [0.1, 0.15) is 73.9 Å². The molecule has 0 saturated heterocycles. The maximum absolute atomic E-state index is 13.7. The fraction of sp³-hybridized carbons (Fsp3) is 0.571. The quantitative estimate of drug-likeness (QED) is 0.330. The van der Waals surface area contributed by atoms with Crippen molar-refractivity contribution < 1.29 is 27.8 Å². The van der Waals surface area contributed by atoms with Gasteiger partial charge in [-0.25, -0.2) is 4.72 Å². The van der Waals surface area contributed by atoms with Gasteiger partial charge in [0.15, 0.2) is 0 Å². The van der Waals surface area contributed by atoms with Crippen LogP contribution in [0.3, 0.4) is 0 Å². The predicted octanol–water partition coefficient (Wildman–Crippen LogP) is 5.25. The second kappa shape index (κ2) is 13.8. The third kappa shape index (κ3) is 6.83. The van der Waals surface area contributed by atoms with E-state index in [1.54, 1.807) is 25.1 Å². The summed E-state index contributed by atoms with van der Waals surface area (Å²) in [6.45, 7) is 6.50. The molecule has 2 aliphatic carbocycles. The molecule has 1 amide bonds. The van der Waals surface area contributed by atoms with E-state index in [1.165, 1.54) is 15.4 Å². The van der Waals surface area contributed by atoms with Gasteiger partial charge >= 0.3 is 10.2 Å². The SMILES string of the molecule is CCCOCCN1[C@@H](C)C/C=C/[C@H](O)[C@@H]2CC[C@H]2CN2C[C@@]3(CCCc4cc(Cl)ccc43)COc3ccc(cc32)C(=O)NS1(=O)=O. The lowest BCUT2D eigenvalue weighted by molar-refractivity contribution is 0.0455. The summed E-state index contributed by atoms with van der Waals surface area (Å²) in [5.41, 5.74) is 3.22. The number of carbonyl (C=O) groups is 1. The Labute approximate surface area is 278 Å². The van der Waals surface area contributed by atoms with Crippen molar-refractivity contribution in [2.75, 3.05) is 44.4 Å². The van der Waals surface area contributed by atoms with Crippen LogP contribution in [0.2, 0.25) is 5.02 Å². The molecule has 6 rings (SSSR count). The predicted molar refractivity (Wildman–Crippen MR) is 180 cm³/mol. The molecule has 2 aliphatic heterocycles. The van der Waals surface area contributed by atoms with Crippen molar-refractivity contribution in [3.63, 3.8) is 0 Å². The molecule has 1 fully saturated rings. The zero-order valence-electron chi connectivity index (χ0n) is 26.8. The van der Waals surface area contributed by atoms with Gasteiger partial charge in [-0.3, -0.25) is 4.79 Å². The second-order valence-corrected chi connectivity index (χ2v) is 15.5. The summed E-state index contributed by atoms with van der Waals surface area (Å²) in [7, 11) is -4.21. The van der Waals surface area contributed by atoms with Crippen LogP contribution in [0.5, 0.6) is 5.75 Å². The number of nitrogens with zero attached hydrogens (tertiary/aromatic N) is 2. The van der Waals surface area contributed by atoms with Gasteiger partial charge in [-0.05, 0) is 105 Å². The summed E-state index contributed by atoms with van der Waals surface area (Å²) < 4.78 is 43.1. The minimum absolute atomic E-state index is 0.0919. The standard InChI is InChI=1S/C35H46ClN3O6S/c1-3-17-44-18-16-39-24(2)6-4-8-32(40)29-12-9-27(29)21-38-22-35(15-5-7-25-19-28(36)11-13-30(25)35)23-45-33-14-10-26(20-31(33)38)34(41)37-46(39,42)43/h4,8,10-11,13-14,19-20,24,27,29,32,40H,3,5-7,9,12,15-18,21-23H2,1-2H3,(H,37,41)/b8-4+/t24-,27-,29+,32-,35-/m0/s1. The molecule has 5 atom stereocenters. The number of fused-ring (bicyclic) bond motifs is 4. The van der Waals surface area contributed by atoms with Gasteiger partial charge in [0.05, 0.1) is 25.0 Å². The molecule has 0 unspecified atom stereocenters. The Hall–Kier alpha value is -2.63. The Balaban J connectivity index is 1.37. The molecule has 2 bridgehead atoms. The Bertz CT molecular complexity index is 1570. The minimum atomic E-state index is -4.21. The molecule has 2 aromatic carbocycles. The number of nitrogens with one attached hydrogen (secondary N) is 1. The summed E-state index contributed by atoms with van der Waals surface area (Å²) in [6, 6.07) is 10.9. The molecule has 2 aromatic rings. The third-order valence-electron chi connectivity index (χ3n) is 10.3. The van der Waals surface area contributed by atoms with E-state index in [0.717, 1.165) is 49.2 Å². The number of benzene rings is 2. The van der Waals surface area contributed by atoms with Crippen molar-refractivity contribution in [1.82, 2.24) is 9.03 Å². The first kappa shape index (κ1) is 33.3. The Morgan fingerprint density at radius 1 is 1.17 bits per heavy atom. The van der Waals surface area contributed by atoms with E-state index in [2.05, 4.69) is 21.8 Å². The van der Waals surface area contributed by atoms with Gasteiger partial charge in [0.1, 0.15) is 5.75 Å². The zero-order valence-corrected chi connectivity index (χ0v) is 28.4. The van der Waals surface area contributed by atoms with E-state index < -0.39 is 28.3 Å². The molecule has 11 heteroatoms. The Kier molecular flexibility index (Phi) is 10.0. The molecule has 1 spiro atoms. The monoisotopic (exact) mass is 671 g/mol. The molecule has 1 saturated carbocycles. The van der Waals surface area contributed by atoms with Gasteiger partial charge in [0.2, 0.25) is 0 Å². The largest absolute Gasteiger partial charge is 0.490 e. The number of aliphatic hydroxyl groups excluding tert-OH is 1. The average Bonchev–Trinajstić information content (AvgIpc) is 3.15. The number of halogens is 1. The number of hydrogen-bond acceptors (Lipinski definition) is 7. The molecule has 2 heterocycles. The van der Waals surface area contributed by atoms with Gasteiger partial charge in [-0.1, -0.05) is 36.7 Å². The van der Waals surface area contributed by atoms with Gasteiger partial charge < -0.3 is 19.5 Å². The number of carbonyl (C=O) groups excluding carboxylic acids is 1. The van der Waals surface area contributed by atoms with E-state index in [4.69, 9.17) is 21.1 Å². The van der Waals surface area contributed by atoms with E-state index in [-0.39, 0.29) is 36.0 Å². The maximum Gasteiger partial charge on any atom is 0.304 e. The minimum Gasteiger partial charge on any atom is -0.490 e. The van der Waals surface area contributed by atoms with Crippen molar-refractivity contribution in [2.45, 2.75) is 76.4 Å². The molecule has 46 heavy (non-hydrogen) atoms. The first-order chi connectivity index (χ1) is 22.1. The lowest BCUT2D eigenvalue weighted by atomic mass is 9.68. The molecule has 4 aliphatic rings. The third-order valence-corrected chi connectivity index (χ3v) is 12.1. The van der Waals surface area contributed by atoms with Gasteiger partial charge in [-0.15, -0.1) is 0 Å². The summed E-state index contributed by atoms with van der Waals surface area (Å²) in [6.07, 6.45) is 9.13. The van der Waals surface area contributed by atoms with Crippen molar-refractivity contribution in [1.29, 1.82) is 0 Å². The van der Waals surface area contributed by atoms with Crippen molar-refractivity contribution in [2.24, 2.45) is 11.8 Å². The van der Waals surface area contributed by atoms with Crippen molar-refractivity contribution in [3.8, 4) is 5.75 Å². The molecule has 250 valence electrons. The smallest absolute Gasteiger partial charge is 0.304 e. The second-order valence-electron chi connectivity index (χ2n) is 13.5. The average molecular weight is 672 g/mol. The zero-order chi connectivity index (χ0) is 32.5. The van der Waals surface area contributed by atoms with E-state index in [9.17, 15) is 18.3 Å². The van der Waals surface area contributed by atoms with Gasteiger partial charge in [-0.2, -0.15) is 12.7 Å². The number of aliphatic hydroxyl groups is 1. The van der Waals surface area contributed by atoms with Crippen LogP contribution in [-0.2, 0) is 26.8 Å². The lowest BCUT2D eigenvalue weighted by Crippen LogP contribution is -2.50. The molecular weight excluding hydrogens is 626 g/mol. The highest BCUT2D eigenvalue weighted by atomic mass is 35.5. The highest BCUT2D eigenvalue weighted by Gasteiger charge is 2.44. The molecule has 0 aromatic heterocycles. The van der Waals surface area contributed by atoms with Crippen LogP contribution < -0.4 is 14.4 Å². The summed E-state index contributed by atoms with van der Waals surface area (Å²) in [4.78, 5) is 15.9. The lowest BCUT2D eigenvalue weighted by Gasteiger charge is -2.45. The van der Waals surface area contributed by atoms with Crippen molar-refractivity contribution >= 4 is 33.4 Å². The molecule has 9 nitrogen and oxygen atoms in total. The van der Waals surface area contributed by atoms with Crippen LogP contribution in [0, 0.1) is 11.8 Å². The van der Waals surface area contributed by atoms with Gasteiger partial charge in [0, 0.05) is 48.3 Å². The highest BCUT2D eigenvalue weighted by Crippen LogP contribution is 2.46. The topological polar surface area (TPSA) is 108 Å². The number of ether oxygens (including phenoxy) is 2. The number of rotatable bonds is 5. The fourth-order valence-corrected chi connectivity index (χ4v) is 9.24. The van der Waals surface area contributed by atoms with E-state index >= 15 is 0 Å². The van der Waals surface area contributed by atoms with Crippen LogP contribution >= 0.6 is 11.6 Å². The summed E-state index contributed by atoms with van der Waals surface area (Å²) >= 11 is 6.41. The van der Waals surface area contributed by atoms with E-state index in [0.29, 0.717) is 38.5 Å². The maximum atomic E-state index is 13.7.